The highest BCUT2D eigenvalue weighted by Crippen LogP contribution is 2.32. The highest BCUT2D eigenvalue weighted by molar-refractivity contribution is 7.90. The van der Waals surface area contributed by atoms with Crippen molar-refractivity contribution in [2.75, 3.05) is 23.0 Å². The molecule has 1 fully saturated rings. The molecule has 0 spiro atoms. The third-order valence-corrected chi connectivity index (χ3v) is 7.02. The summed E-state index contributed by atoms with van der Waals surface area (Å²) in [5, 5.41) is 16.3. The third-order valence-electron chi connectivity index (χ3n) is 5.65. The second-order valence-corrected chi connectivity index (χ2v) is 10.6. The number of aliphatic hydroxyl groups excluding tert-OH is 1. The molecule has 1 aromatic heterocycles. The first kappa shape index (κ1) is 25.1. The molecule has 1 aliphatic rings. The van der Waals surface area contributed by atoms with Crippen molar-refractivity contribution >= 4 is 38.9 Å². The number of carbonyl (C=O) groups excluding carboxylic acids is 1. The number of sulfone groups is 1. The van der Waals surface area contributed by atoms with Crippen molar-refractivity contribution in [3.8, 4) is 11.1 Å². The van der Waals surface area contributed by atoms with Gasteiger partial charge in [-0.05, 0) is 48.7 Å². The second-order valence-electron chi connectivity index (χ2n) is 8.19. The van der Waals surface area contributed by atoms with Crippen LogP contribution in [0.15, 0.2) is 65.7 Å². The summed E-state index contributed by atoms with van der Waals surface area (Å²) in [5.41, 5.74) is 0.861. The first-order chi connectivity index (χ1) is 16.6. The first-order valence-electron chi connectivity index (χ1n) is 10.9. The topological polar surface area (TPSA) is 112 Å². The fourth-order valence-electron chi connectivity index (χ4n) is 4.02. The lowest BCUT2D eigenvalue weighted by Gasteiger charge is -2.34. The molecule has 8 nitrogen and oxygen atoms in total. The van der Waals surface area contributed by atoms with Gasteiger partial charge >= 0.3 is 0 Å². The van der Waals surface area contributed by atoms with Crippen molar-refractivity contribution in [1.29, 1.82) is 0 Å². The number of nitrogens with one attached hydrogen (secondary N) is 2. The molecule has 2 unspecified atom stereocenters. The number of rotatable bonds is 7. The fraction of sp³-hybridized carbons (Fsp3) is 0.250. The van der Waals surface area contributed by atoms with Crippen LogP contribution in [-0.2, 0) is 14.6 Å². The SMILES string of the molecule is CS(=O)(=O)c1ccccc1-c1ccc(N2CCCC(NC(O)Nc3ccc(Cl)cn3)C2=O)c(F)c1. The van der Waals surface area contributed by atoms with E-state index in [4.69, 9.17) is 11.6 Å². The van der Waals surface area contributed by atoms with Gasteiger partial charge in [-0.1, -0.05) is 35.9 Å². The van der Waals surface area contributed by atoms with Gasteiger partial charge in [0.15, 0.2) is 16.2 Å². The van der Waals surface area contributed by atoms with Gasteiger partial charge in [0.05, 0.1) is 21.6 Å². The van der Waals surface area contributed by atoms with Crippen molar-refractivity contribution in [3.63, 3.8) is 0 Å². The Kier molecular flexibility index (Phi) is 7.36. The number of piperidine rings is 1. The molecule has 3 N–H and O–H groups in total. The molecule has 3 aromatic rings. The molecule has 2 atom stereocenters. The quantitative estimate of drug-likeness (QED) is 0.411. The van der Waals surface area contributed by atoms with E-state index >= 15 is 4.39 Å². The number of halogens is 2. The lowest BCUT2D eigenvalue weighted by molar-refractivity contribution is -0.122. The number of carbonyl (C=O) groups is 1. The highest BCUT2D eigenvalue weighted by Gasteiger charge is 2.32. The van der Waals surface area contributed by atoms with E-state index in [0.29, 0.717) is 41.4 Å². The Balaban J connectivity index is 1.51. The predicted molar refractivity (Wildman–Crippen MR) is 132 cm³/mol. The summed E-state index contributed by atoms with van der Waals surface area (Å²) in [7, 11) is -3.51. The molecule has 2 aromatic carbocycles. The van der Waals surface area contributed by atoms with E-state index in [0.717, 1.165) is 6.26 Å². The van der Waals surface area contributed by atoms with Crippen LogP contribution in [0.25, 0.3) is 11.1 Å². The zero-order valence-electron chi connectivity index (χ0n) is 18.8. The van der Waals surface area contributed by atoms with Crippen molar-refractivity contribution < 1.29 is 22.7 Å². The minimum Gasteiger partial charge on any atom is -0.361 e. The van der Waals surface area contributed by atoms with E-state index in [2.05, 4.69) is 15.6 Å². The van der Waals surface area contributed by atoms with Crippen molar-refractivity contribution in [2.24, 2.45) is 0 Å². The second kappa shape index (κ2) is 10.3. The Bertz CT molecular complexity index is 1340. The molecule has 1 saturated heterocycles. The van der Waals surface area contributed by atoms with Crippen LogP contribution in [-0.4, -0.2) is 49.6 Å². The van der Waals surface area contributed by atoms with Gasteiger partial charge in [0.1, 0.15) is 11.6 Å². The molecule has 0 bridgehead atoms. The number of benzene rings is 2. The Morgan fingerprint density at radius 1 is 1.20 bits per heavy atom. The van der Waals surface area contributed by atoms with Crippen molar-refractivity contribution in [3.05, 3.63) is 71.6 Å². The van der Waals surface area contributed by atoms with Crippen LogP contribution in [0, 0.1) is 5.82 Å². The molecular weight excluding hydrogens is 495 g/mol. The molecule has 0 saturated carbocycles. The van der Waals surface area contributed by atoms with Gasteiger partial charge in [-0.3, -0.25) is 10.1 Å². The van der Waals surface area contributed by atoms with E-state index in [1.807, 2.05) is 0 Å². The van der Waals surface area contributed by atoms with Crippen molar-refractivity contribution in [2.45, 2.75) is 30.1 Å². The fourth-order valence-corrected chi connectivity index (χ4v) is 5.05. The summed E-state index contributed by atoms with van der Waals surface area (Å²) in [5.74, 6) is -0.668. The molecule has 0 radical (unpaired) electrons. The predicted octanol–water partition coefficient (Wildman–Crippen LogP) is 3.42. The number of aromatic nitrogens is 1. The van der Waals surface area contributed by atoms with Gasteiger partial charge in [0.2, 0.25) is 5.91 Å². The van der Waals surface area contributed by atoms with Crippen LogP contribution in [0.5, 0.6) is 0 Å². The number of nitrogens with zero attached hydrogens (tertiary/aromatic N) is 2. The molecule has 4 rings (SSSR count). The van der Waals surface area contributed by atoms with Gasteiger partial charge in [-0.15, -0.1) is 0 Å². The molecule has 11 heteroatoms. The number of hydrogen-bond donors (Lipinski definition) is 3. The Labute approximate surface area is 207 Å². The van der Waals surface area contributed by atoms with Crippen molar-refractivity contribution in [1.82, 2.24) is 10.3 Å². The molecular formula is C24H24ClFN4O4S. The van der Waals surface area contributed by atoms with Crippen LogP contribution < -0.4 is 15.5 Å². The van der Waals surface area contributed by atoms with E-state index in [-0.39, 0.29) is 16.5 Å². The van der Waals surface area contributed by atoms with Gasteiger partial charge in [0, 0.05) is 24.6 Å². The van der Waals surface area contributed by atoms with Crippen LogP contribution >= 0.6 is 11.6 Å². The Morgan fingerprint density at radius 3 is 2.66 bits per heavy atom. The maximum atomic E-state index is 15.2. The molecule has 1 aliphatic heterocycles. The first-order valence-corrected chi connectivity index (χ1v) is 13.1. The number of pyridine rings is 1. The Hall–Kier alpha value is -3.05. The average Bonchev–Trinajstić information content (AvgIpc) is 2.82. The van der Waals surface area contributed by atoms with Crippen LogP contribution in [0.1, 0.15) is 12.8 Å². The van der Waals surface area contributed by atoms with E-state index in [9.17, 15) is 18.3 Å². The summed E-state index contributed by atoms with van der Waals surface area (Å²) in [6.45, 7) is 0.315. The van der Waals surface area contributed by atoms with E-state index in [1.54, 1.807) is 36.4 Å². The third kappa shape index (κ3) is 5.79. The number of hydrogen-bond acceptors (Lipinski definition) is 7. The summed E-state index contributed by atoms with van der Waals surface area (Å²) in [6.07, 6.45) is 2.31. The summed E-state index contributed by atoms with van der Waals surface area (Å²) >= 11 is 5.81. The zero-order valence-corrected chi connectivity index (χ0v) is 20.4. The van der Waals surface area contributed by atoms with E-state index in [1.165, 1.54) is 29.3 Å². The minimum atomic E-state index is -3.51. The minimum absolute atomic E-state index is 0.0869. The normalized spacial score (nSPS) is 17.3. The maximum absolute atomic E-state index is 15.2. The van der Waals surface area contributed by atoms with Gasteiger partial charge in [-0.2, -0.15) is 0 Å². The molecule has 184 valence electrons. The summed E-state index contributed by atoms with van der Waals surface area (Å²) in [6, 6.07) is 13.1. The number of aliphatic hydroxyl groups is 1. The van der Waals surface area contributed by atoms with Gasteiger partial charge in [0.25, 0.3) is 0 Å². The standard InChI is InChI=1S/C24H24ClFN4O4S/c1-35(33,34)21-7-3-2-5-17(21)15-8-10-20(18(26)13-15)30-12-4-6-19(23(30)31)28-24(32)29-22-11-9-16(25)14-27-22/h2-3,5,7-11,13-14,19,24,28,32H,4,6,12H2,1H3,(H,27,29). The van der Waals surface area contributed by atoms with Gasteiger partial charge < -0.3 is 15.3 Å². The maximum Gasteiger partial charge on any atom is 0.244 e. The number of amides is 1. The van der Waals surface area contributed by atoms with Crippen LogP contribution in [0.2, 0.25) is 5.02 Å². The number of anilines is 2. The highest BCUT2D eigenvalue weighted by atomic mass is 35.5. The largest absolute Gasteiger partial charge is 0.361 e. The molecule has 1 amide bonds. The van der Waals surface area contributed by atoms with Gasteiger partial charge in [-0.25, -0.2) is 17.8 Å². The average molecular weight is 519 g/mol. The lowest BCUT2D eigenvalue weighted by Crippen LogP contribution is -2.55. The smallest absolute Gasteiger partial charge is 0.244 e. The lowest BCUT2D eigenvalue weighted by atomic mass is 10.0. The zero-order chi connectivity index (χ0) is 25.2. The molecule has 2 heterocycles. The van der Waals surface area contributed by atoms with Crippen LogP contribution in [0.4, 0.5) is 15.9 Å². The summed E-state index contributed by atoms with van der Waals surface area (Å²) in [4.78, 5) is 18.6. The Morgan fingerprint density at radius 2 is 1.97 bits per heavy atom. The monoisotopic (exact) mass is 518 g/mol. The van der Waals surface area contributed by atoms with Crippen LogP contribution in [0.3, 0.4) is 0 Å². The summed E-state index contributed by atoms with van der Waals surface area (Å²) < 4.78 is 39.5. The van der Waals surface area contributed by atoms with E-state index < -0.39 is 28.0 Å². The molecule has 0 aliphatic carbocycles. The molecule has 35 heavy (non-hydrogen) atoms.